The third-order valence-electron chi connectivity index (χ3n) is 4.59. The maximum atomic E-state index is 12.6. The molecule has 0 saturated carbocycles. The van der Waals surface area contributed by atoms with Gasteiger partial charge in [0, 0.05) is 17.7 Å². The van der Waals surface area contributed by atoms with Crippen LogP contribution in [0, 0.1) is 0 Å². The highest BCUT2D eigenvalue weighted by molar-refractivity contribution is 5.94. The van der Waals surface area contributed by atoms with E-state index in [2.05, 4.69) is 31.0 Å². The fourth-order valence-corrected chi connectivity index (χ4v) is 2.93. The number of methoxy groups -OCH3 is 1. The summed E-state index contributed by atoms with van der Waals surface area (Å²) in [6.07, 6.45) is 0. The van der Waals surface area contributed by atoms with Crippen LogP contribution in [0.15, 0.2) is 48.5 Å². The molecule has 2 aromatic rings. The van der Waals surface area contributed by atoms with E-state index in [1.54, 1.807) is 7.11 Å². The fraction of sp³-hybridized carbons (Fsp3) is 0.409. The van der Waals surface area contributed by atoms with Crippen molar-refractivity contribution in [3.05, 3.63) is 65.2 Å². The highest BCUT2D eigenvalue weighted by atomic mass is 16.5. The second-order valence-corrected chi connectivity index (χ2v) is 7.76. The number of likely N-dealkylation sites (N-methyl/N-ethyl adjacent to an activating group) is 1. The predicted molar refractivity (Wildman–Crippen MR) is 107 cm³/mol. The van der Waals surface area contributed by atoms with Gasteiger partial charge in [-0.3, -0.25) is 4.79 Å². The first kappa shape index (κ1) is 20.0. The van der Waals surface area contributed by atoms with E-state index < -0.39 is 0 Å². The molecule has 0 heterocycles. The summed E-state index contributed by atoms with van der Waals surface area (Å²) in [5.74, 6) is 0.766. The molecular weight excluding hydrogens is 324 g/mol. The van der Waals surface area contributed by atoms with Crippen molar-refractivity contribution in [3.63, 3.8) is 0 Å². The molecule has 140 valence electrons. The van der Waals surface area contributed by atoms with E-state index in [0.29, 0.717) is 12.1 Å². The van der Waals surface area contributed by atoms with Gasteiger partial charge in [-0.05, 0) is 43.3 Å². The van der Waals surface area contributed by atoms with Crippen LogP contribution in [0.25, 0.3) is 0 Å². The average molecular weight is 354 g/mol. The van der Waals surface area contributed by atoms with Gasteiger partial charge in [0.05, 0.1) is 13.2 Å². The Morgan fingerprint density at radius 3 is 2.23 bits per heavy atom. The molecule has 4 nitrogen and oxygen atoms in total. The lowest BCUT2D eigenvalue weighted by Crippen LogP contribution is -2.34. The topological polar surface area (TPSA) is 41.6 Å². The van der Waals surface area contributed by atoms with E-state index in [1.807, 2.05) is 62.6 Å². The molecule has 26 heavy (non-hydrogen) atoms. The number of nitrogens with zero attached hydrogens (tertiary/aromatic N) is 1. The van der Waals surface area contributed by atoms with Gasteiger partial charge in [-0.2, -0.15) is 0 Å². The Morgan fingerprint density at radius 2 is 1.69 bits per heavy atom. The van der Waals surface area contributed by atoms with Gasteiger partial charge in [0.25, 0.3) is 5.91 Å². The number of amides is 1. The first-order chi connectivity index (χ1) is 12.2. The minimum Gasteiger partial charge on any atom is -0.496 e. The molecule has 0 saturated heterocycles. The summed E-state index contributed by atoms with van der Waals surface area (Å²) in [7, 11) is 5.67. The van der Waals surface area contributed by atoms with Crippen molar-refractivity contribution in [2.24, 2.45) is 0 Å². The number of hydrogen-bond acceptors (Lipinski definition) is 3. The molecule has 0 aromatic heterocycles. The maximum absolute atomic E-state index is 12.6. The second kappa shape index (κ2) is 8.37. The van der Waals surface area contributed by atoms with Crippen molar-refractivity contribution in [2.45, 2.75) is 32.2 Å². The van der Waals surface area contributed by atoms with Crippen molar-refractivity contribution in [1.82, 2.24) is 10.2 Å². The van der Waals surface area contributed by atoms with Crippen LogP contribution in [0.1, 0.15) is 48.3 Å². The third kappa shape index (κ3) is 4.85. The molecule has 2 rings (SSSR count). The Kier molecular flexibility index (Phi) is 6.43. The minimum absolute atomic E-state index is 0.0314. The lowest BCUT2D eigenvalue weighted by Gasteiger charge is -2.26. The van der Waals surface area contributed by atoms with Crippen LogP contribution >= 0.6 is 0 Å². The molecule has 0 unspecified atom stereocenters. The number of nitrogens with one attached hydrogen (secondary N) is 1. The van der Waals surface area contributed by atoms with Crippen molar-refractivity contribution in [3.8, 4) is 5.75 Å². The van der Waals surface area contributed by atoms with Gasteiger partial charge in [0.1, 0.15) is 5.75 Å². The summed E-state index contributed by atoms with van der Waals surface area (Å²) < 4.78 is 5.47. The fourth-order valence-electron chi connectivity index (χ4n) is 2.93. The molecule has 0 fully saturated rings. The van der Waals surface area contributed by atoms with E-state index in [4.69, 9.17) is 4.74 Å². The van der Waals surface area contributed by atoms with Crippen LogP contribution in [0.3, 0.4) is 0 Å². The van der Waals surface area contributed by atoms with Crippen LogP contribution in [-0.4, -0.2) is 38.6 Å². The minimum atomic E-state index is -0.0628. The summed E-state index contributed by atoms with van der Waals surface area (Å²) in [6.45, 7) is 7.00. The lowest BCUT2D eigenvalue weighted by atomic mass is 9.87. The molecule has 0 aliphatic carbocycles. The molecule has 4 heteroatoms. The maximum Gasteiger partial charge on any atom is 0.251 e. The molecule has 0 spiro atoms. The van der Waals surface area contributed by atoms with Gasteiger partial charge in [-0.1, -0.05) is 51.1 Å². The largest absolute Gasteiger partial charge is 0.496 e. The summed E-state index contributed by atoms with van der Waals surface area (Å²) in [6, 6.07) is 15.8. The molecule has 1 amide bonds. The highest BCUT2D eigenvalue weighted by Crippen LogP contribution is 2.27. The van der Waals surface area contributed by atoms with Gasteiger partial charge in [-0.25, -0.2) is 0 Å². The number of carbonyl (C=O) groups excluding carboxylic acids is 1. The van der Waals surface area contributed by atoms with E-state index in [9.17, 15) is 4.79 Å². The van der Waals surface area contributed by atoms with E-state index >= 15 is 0 Å². The van der Waals surface area contributed by atoms with E-state index in [1.165, 1.54) is 5.56 Å². The van der Waals surface area contributed by atoms with Crippen molar-refractivity contribution < 1.29 is 9.53 Å². The van der Waals surface area contributed by atoms with Crippen LogP contribution in [0.5, 0.6) is 5.75 Å². The van der Waals surface area contributed by atoms with Crippen molar-refractivity contribution >= 4 is 5.91 Å². The van der Waals surface area contributed by atoms with Crippen LogP contribution < -0.4 is 10.1 Å². The number of ether oxygens (including phenoxy) is 1. The summed E-state index contributed by atoms with van der Waals surface area (Å²) in [4.78, 5) is 14.6. The second-order valence-electron chi connectivity index (χ2n) is 7.76. The first-order valence-electron chi connectivity index (χ1n) is 8.92. The van der Waals surface area contributed by atoms with Crippen LogP contribution in [0.4, 0.5) is 0 Å². The average Bonchev–Trinajstić information content (AvgIpc) is 2.61. The molecule has 0 aliphatic heterocycles. The molecule has 1 N–H and O–H groups in total. The highest BCUT2D eigenvalue weighted by Gasteiger charge is 2.20. The Bertz CT molecular complexity index is 731. The Hall–Kier alpha value is -2.33. The van der Waals surface area contributed by atoms with E-state index in [-0.39, 0.29) is 17.4 Å². The van der Waals surface area contributed by atoms with Gasteiger partial charge in [-0.15, -0.1) is 0 Å². The number of carbonyl (C=O) groups is 1. The molecule has 0 bridgehead atoms. The third-order valence-corrected chi connectivity index (χ3v) is 4.59. The van der Waals surface area contributed by atoms with Crippen molar-refractivity contribution in [1.29, 1.82) is 0 Å². The number of hydrogen-bond donors (Lipinski definition) is 1. The zero-order valence-corrected chi connectivity index (χ0v) is 16.7. The number of para-hydroxylation sites is 1. The zero-order chi connectivity index (χ0) is 19.3. The summed E-state index contributed by atoms with van der Waals surface area (Å²) in [5.41, 5.74) is 3.03. The number of benzene rings is 2. The van der Waals surface area contributed by atoms with Gasteiger partial charge in [0.15, 0.2) is 0 Å². The normalized spacial score (nSPS) is 12.7. The standard InChI is InChI=1S/C22H30N2O2/c1-22(2,3)17-13-11-16(12-14-17)21(25)23-15-19(24(4)5)18-9-7-8-10-20(18)26-6/h7-14,19H,15H2,1-6H3,(H,23,25)/t19-/m1/s1. The van der Waals surface area contributed by atoms with Gasteiger partial charge >= 0.3 is 0 Å². The molecule has 2 aromatic carbocycles. The SMILES string of the molecule is COc1ccccc1[C@@H](CNC(=O)c1ccc(C(C)(C)C)cc1)N(C)C. The Balaban J connectivity index is 2.10. The zero-order valence-electron chi connectivity index (χ0n) is 16.7. The summed E-state index contributed by atoms with van der Waals surface area (Å²) >= 11 is 0. The van der Waals surface area contributed by atoms with Gasteiger partial charge < -0.3 is 15.0 Å². The molecule has 0 radical (unpaired) electrons. The van der Waals surface area contributed by atoms with Crippen LogP contribution in [0.2, 0.25) is 0 Å². The quantitative estimate of drug-likeness (QED) is 0.852. The Morgan fingerprint density at radius 1 is 1.08 bits per heavy atom. The lowest BCUT2D eigenvalue weighted by molar-refractivity contribution is 0.0941. The predicted octanol–water partition coefficient (Wildman–Crippen LogP) is 4.03. The van der Waals surface area contributed by atoms with E-state index in [0.717, 1.165) is 11.3 Å². The molecule has 0 aliphatic rings. The monoisotopic (exact) mass is 354 g/mol. The Labute approximate surface area is 157 Å². The van der Waals surface area contributed by atoms with Crippen molar-refractivity contribution in [2.75, 3.05) is 27.7 Å². The smallest absolute Gasteiger partial charge is 0.251 e. The summed E-state index contributed by atoms with van der Waals surface area (Å²) in [5, 5.41) is 3.05. The first-order valence-corrected chi connectivity index (χ1v) is 8.92. The number of rotatable bonds is 6. The molecule has 1 atom stereocenters. The molecular formula is C22H30N2O2. The van der Waals surface area contributed by atoms with Crippen LogP contribution in [-0.2, 0) is 5.41 Å². The van der Waals surface area contributed by atoms with Gasteiger partial charge in [0.2, 0.25) is 0 Å².